The van der Waals surface area contributed by atoms with E-state index in [1.807, 2.05) is 48.5 Å². The highest BCUT2D eigenvalue weighted by molar-refractivity contribution is 6.12. The Kier molecular flexibility index (Phi) is 4.34. The van der Waals surface area contributed by atoms with E-state index >= 15 is 0 Å². The third-order valence-corrected chi connectivity index (χ3v) is 4.93. The predicted molar refractivity (Wildman–Crippen MR) is 102 cm³/mol. The number of benzene rings is 3. The molecule has 0 aliphatic carbocycles. The minimum atomic E-state index is 0.0925. The summed E-state index contributed by atoms with van der Waals surface area (Å²) in [4.78, 5) is 15.4. The van der Waals surface area contributed by atoms with Gasteiger partial charge in [0.25, 0.3) is 0 Å². The summed E-state index contributed by atoms with van der Waals surface area (Å²) in [5, 5.41) is 0. The molecule has 2 heteroatoms. The van der Waals surface area contributed by atoms with Crippen LogP contribution in [0.25, 0.3) is 0 Å². The largest absolute Gasteiger partial charge is 0.364 e. The number of anilines is 1. The van der Waals surface area contributed by atoms with Crippen molar-refractivity contribution < 1.29 is 4.79 Å². The zero-order valence-electron chi connectivity index (χ0n) is 14.1. The highest BCUT2D eigenvalue weighted by atomic mass is 16.1. The van der Waals surface area contributed by atoms with Gasteiger partial charge in [0.05, 0.1) is 6.04 Å². The smallest absolute Gasteiger partial charge is 0.195 e. The fourth-order valence-corrected chi connectivity index (χ4v) is 3.74. The Balaban J connectivity index is 1.73. The standard InChI is InChI=1S/C23H21NO/c25-23(19-12-5-2-6-13-19)20-14-7-8-15-22(20)24-17-9-16-21(24)18-10-3-1-4-11-18/h1-8,10-15,21H,9,16-17H2. The second-order valence-corrected chi connectivity index (χ2v) is 6.47. The molecular weight excluding hydrogens is 306 g/mol. The second-order valence-electron chi connectivity index (χ2n) is 6.47. The van der Waals surface area contributed by atoms with Crippen molar-refractivity contribution in [3.63, 3.8) is 0 Å². The first-order valence-electron chi connectivity index (χ1n) is 8.85. The van der Waals surface area contributed by atoms with E-state index in [0.717, 1.165) is 36.2 Å². The number of para-hydroxylation sites is 1. The normalized spacial score (nSPS) is 16.8. The molecule has 0 bridgehead atoms. The number of hydrogen-bond acceptors (Lipinski definition) is 2. The summed E-state index contributed by atoms with van der Waals surface area (Å²) in [6, 6.07) is 28.5. The number of ketones is 1. The van der Waals surface area contributed by atoms with Gasteiger partial charge in [0.15, 0.2) is 5.78 Å². The van der Waals surface area contributed by atoms with Crippen LogP contribution >= 0.6 is 0 Å². The highest BCUT2D eigenvalue weighted by Crippen LogP contribution is 2.38. The molecule has 0 saturated carbocycles. The monoisotopic (exact) mass is 327 g/mol. The molecular formula is C23H21NO. The molecule has 1 heterocycles. The van der Waals surface area contributed by atoms with Crippen LogP contribution in [0.2, 0.25) is 0 Å². The van der Waals surface area contributed by atoms with Crippen molar-refractivity contribution in [1.82, 2.24) is 0 Å². The molecule has 1 atom stereocenters. The Labute approximate surface area is 148 Å². The first-order chi connectivity index (χ1) is 12.3. The van der Waals surface area contributed by atoms with E-state index in [0.29, 0.717) is 6.04 Å². The van der Waals surface area contributed by atoms with Crippen LogP contribution in [-0.4, -0.2) is 12.3 Å². The molecule has 124 valence electrons. The van der Waals surface area contributed by atoms with Crippen LogP contribution in [0.3, 0.4) is 0 Å². The zero-order valence-corrected chi connectivity index (χ0v) is 14.1. The Hall–Kier alpha value is -2.87. The molecule has 1 fully saturated rings. The molecule has 4 rings (SSSR count). The lowest BCUT2D eigenvalue weighted by molar-refractivity contribution is 0.103. The van der Waals surface area contributed by atoms with Gasteiger partial charge in [0.1, 0.15) is 0 Å². The van der Waals surface area contributed by atoms with E-state index in [4.69, 9.17) is 0 Å². The van der Waals surface area contributed by atoms with Gasteiger partial charge < -0.3 is 4.90 Å². The number of rotatable bonds is 4. The quantitative estimate of drug-likeness (QED) is 0.609. The molecule has 3 aromatic carbocycles. The van der Waals surface area contributed by atoms with Crippen molar-refractivity contribution in [2.24, 2.45) is 0 Å². The lowest BCUT2D eigenvalue weighted by atomic mass is 9.99. The maximum absolute atomic E-state index is 13.0. The van der Waals surface area contributed by atoms with Crippen molar-refractivity contribution in [1.29, 1.82) is 0 Å². The molecule has 3 aromatic rings. The number of hydrogen-bond donors (Lipinski definition) is 0. The van der Waals surface area contributed by atoms with Crippen LogP contribution in [0.5, 0.6) is 0 Å². The van der Waals surface area contributed by atoms with Crippen LogP contribution in [0.1, 0.15) is 40.4 Å². The summed E-state index contributed by atoms with van der Waals surface area (Å²) in [6.07, 6.45) is 2.27. The molecule has 1 unspecified atom stereocenters. The number of nitrogens with zero attached hydrogens (tertiary/aromatic N) is 1. The highest BCUT2D eigenvalue weighted by Gasteiger charge is 2.28. The number of carbonyl (C=O) groups is 1. The van der Waals surface area contributed by atoms with Gasteiger partial charge in [0.2, 0.25) is 0 Å². The van der Waals surface area contributed by atoms with E-state index < -0.39 is 0 Å². The van der Waals surface area contributed by atoms with E-state index in [1.54, 1.807) is 0 Å². The summed E-state index contributed by atoms with van der Waals surface area (Å²) < 4.78 is 0. The fourth-order valence-electron chi connectivity index (χ4n) is 3.74. The summed E-state index contributed by atoms with van der Waals surface area (Å²) in [5.41, 5.74) is 3.90. The molecule has 25 heavy (non-hydrogen) atoms. The average Bonchev–Trinajstić information content (AvgIpc) is 3.18. The maximum Gasteiger partial charge on any atom is 0.195 e. The van der Waals surface area contributed by atoms with Crippen LogP contribution in [-0.2, 0) is 0 Å². The Bertz CT molecular complexity index is 858. The summed E-state index contributed by atoms with van der Waals surface area (Å²) in [6.45, 7) is 0.985. The lowest BCUT2D eigenvalue weighted by Gasteiger charge is -2.29. The van der Waals surface area contributed by atoms with Gasteiger partial charge in [0, 0.05) is 23.4 Å². The van der Waals surface area contributed by atoms with Crippen LogP contribution in [0, 0.1) is 0 Å². The Morgan fingerprint density at radius 3 is 2.20 bits per heavy atom. The maximum atomic E-state index is 13.0. The predicted octanol–water partition coefficient (Wildman–Crippen LogP) is 5.26. The van der Waals surface area contributed by atoms with Crippen molar-refractivity contribution in [3.05, 3.63) is 102 Å². The van der Waals surface area contributed by atoms with Gasteiger partial charge >= 0.3 is 0 Å². The summed E-state index contributed by atoms with van der Waals surface area (Å²) >= 11 is 0. The zero-order chi connectivity index (χ0) is 17.1. The summed E-state index contributed by atoms with van der Waals surface area (Å²) in [7, 11) is 0. The topological polar surface area (TPSA) is 20.3 Å². The first kappa shape index (κ1) is 15.6. The van der Waals surface area contributed by atoms with Crippen molar-refractivity contribution >= 4 is 11.5 Å². The molecule has 1 aliphatic rings. The summed E-state index contributed by atoms with van der Waals surface area (Å²) in [5.74, 6) is 0.0925. The Morgan fingerprint density at radius 1 is 0.800 bits per heavy atom. The van der Waals surface area contributed by atoms with Crippen LogP contribution in [0.4, 0.5) is 5.69 Å². The van der Waals surface area contributed by atoms with Gasteiger partial charge in [-0.3, -0.25) is 4.79 Å². The van der Waals surface area contributed by atoms with Gasteiger partial charge in [-0.25, -0.2) is 0 Å². The van der Waals surface area contributed by atoms with Gasteiger partial charge in [-0.15, -0.1) is 0 Å². The van der Waals surface area contributed by atoms with Gasteiger partial charge in [-0.1, -0.05) is 72.8 Å². The third kappa shape index (κ3) is 3.08. The van der Waals surface area contributed by atoms with Crippen LogP contribution in [0.15, 0.2) is 84.9 Å². The molecule has 1 aliphatic heterocycles. The molecule has 0 amide bonds. The molecule has 0 radical (unpaired) electrons. The minimum absolute atomic E-state index is 0.0925. The minimum Gasteiger partial charge on any atom is -0.364 e. The molecule has 2 nitrogen and oxygen atoms in total. The van der Waals surface area contributed by atoms with E-state index in [2.05, 4.69) is 41.3 Å². The van der Waals surface area contributed by atoms with Gasteiger partial charge in [-0.05, 0) is 30.5 Å². The molecule has 0 spiro atoms. The van der Waals surface area contributed by atoms with E-state index in [1.165, 1.54) is 5.56 Å². The second kappa shape index (κ2) is 6.94. The van der Waals surface area contributed by atoms with Crippen molar-refractivity contribution in [2.75, 3.05) is 11.4 Å². The third-order valence-electron chi connectivity index (χ3n) is 4.93. The molecule has 0 aromatic heterocycles. The van der Waals surface area contributed by atoms with Gasteiger partial charge in [-0.2, -0.15) is 0 Å². The SMILES string of the molecule is O=C(c1ccccc1)c1ccccc1N1CCCC1c1ccccc1. The Morgan fingerprint density at radius 2 is 1.44 bits per heavy atom. The fraction of sp³-hybridized carbons (Fsp3) is 0.174. The van der Waals surface area contributed by atoms with Crippen LogP contribution < -0.4 is 4.90 Å². The molecule has 0 N–H and O–H groups in total. The van der Waals surface area contributed by atoms with Crippen molar-refractivity contribution in [3.8, 4) is 0 Å². The molecule has 1 saturated heterocycles. The van der Waals surface area contributed by atoms with E-state index in [-0.39, 0.29) is 5.78 Å². The van der Waals surface area contributed by atoms with Crippen molar-refractivity contribution in [2.45, 2.75) is 18.9 Å². The first-order valence-corrected chi connectivity index (χ1v) is 8.85. The number of carbonyl (C=O) groups excluding carboxylic acids is 1. The van der Waals surface area contributed by atoms with E-state index in [9.17, 15) is 4.79 Å². The average molecular weight is 327 g/mol. The lowest BCUT2D eigenvalue weighted by Crippen LogP contribution is -2.24.